The van der Waals surface area contributed by atoms with Crippen molar-refractivity contribution in [1.29, 1.82) is 0 Å². The first-order valence-corrected chi connectivity index (χ1v) is 7.35. The molecule has 2 unspecified atom stereocenters. The van der Waals surface area contributed by atoms with Crippen LogP contribution < -0.4 is 5.32 Å². The van der Waals surface area contributed by atoms with Crippen molar-refractivity contribution in [2.75, 3.05) is 6.54 Å². The molecule has 0 saturated carbocycles. The zero-order valence-electron chi connectivity index (χ0n) is 12.5. The highest BCUT2D eigenvalue weighted by Gasteiger charge is 2.21. The number of hydrogen-bond donors (Lipinski definition) is 1. The van der Waals surface area contributed by atoms with Crippen LogP contribution in [0.5, 0.6) is 0 Å². The van der Waals surface area contributed by atoms with Crippen molar-refractivity contribution >= 4 is 10.8 Å². The highest BCUT2D eigenvalue weighted by molar-refractivity contribution is 5.83. The van der Waals surface area contributed by atoms with Crippen LogP contribution in [0.2, 0.25) is 0 Å². The van der Waals surface area contributed by atoms with Crippen LogP contribution in [0.15, 0.2) is 42.5 Å². The Hall–Kier alpha value is -1.34. The van der Waals surface area contributed by atoms with Crippen LogP contribution in [0.1, 0.15) is 39.3 Å². The van der Waals surface area contributed by atoms with Crippen LogP contribution in [-0.4, -0.2) is 6.54 Å². The summed E-state index contributed by atoms with van der Waals surface area (Å²) in [5, 5.41) is 6.30. The van der Waals surface area contributed by atoms with Crippen molar-refractivity contribution in [3.8, 4) is 0 Å². The Morgan fingerprint density at radius 1 is 0.947 bits per heavy atom. The Balaban J connectivity index is 2.38. The van der Waals surface area contributed by atoms with Gasteiger partial charge >= 0.3 is 0 Å². The molecule has 0 fully saturated rings. The van der Waals surface area contributed by atoms with Crippen LogP contribution in [0.4, 0.5) is 0 Å². The van der Waals surface area contributed by atoms with Gasteiger partial charge in [-0.25, -0.2) is 0 Å². The van der Waals surface area contributed by atoms with E-state index in [4.69, 9.17) is 0 Å². The summed E-state index contributed by atoms with van der Waals surface area (Å²) in [6.07, 6.45) is 0. The molecule has 0 spiro atoms. The number of nitrogens with one attached hydrogen (secondary N) is 1. The third-order valence-corrected chi connectivity index (χ3v) is 4.13. The summed E-state index contributed by atoms with van der Waals surface area (Å²) in [5.74, 6) is 1.30. The lowest BCUT2D eigenvalue weighted by molar-refractivity contribution is 0.307. The van der Waals surface area contributed by atoms with Gasteiger partial charge in [0, 0.05) is 6.04 Å². The number of hydrogen-bond acceptors (Lipinski definition) is 1. The summed E-state index contributed by atoms with van der Waals surface area (Å²) in [6, 6.07) is 15.9. The van der Waals surface area contributed by atoms with Crippen LogP contribution in [0, 0.1) is 11.8 Å². The van der Waals surface area contributed by atoms with E-state index in [1.807, 2.05) is 0 Å². The molecule has 0 saturated heterocycles. The largest absolute Gasteiger partial charge is 0.310 e. The molecule has 2 aromatic rings. The van der Waals surface area contributed by atoms with Crippen molar-refractivity contribution in [2.45, 2.75) is 33.7 Å². The molecule has 102 valence electrons. The quantitative estimate of drug-likeness (QED) is 0.810. The van der Waals surface area contributed by atoms with Gasteiger partial charge in [0.05, 0.1) is 0 Å². The molecule has 0 aliphatic carbocycles. The topological polar surface area (TPSA) is 12.0 Å². The minimum absolute atomic E-state index is 0.439. The van der Waals surface area contributed by atoms with Gasteiger partial charge in [0.1, 0.15) is 0 Å². The number of rotatable bonds is 5. The molecular weight excluding hydrogens is 230 g/mol. The SMILES string of the molecule is CCNC(c1ccc2ccccc2c1)C(C)C(C)C. The van der Waals surface area contributed by atoms with E-state index >= 15 is 0 Å². The minimum atomic E-state index is 0.439. The zero-order chi connectivity index (χ0) is 13.8. The lowest BCUT2D eigenvalue weighted by Crippen LogP contribution is -2.29. The molecule has 19 heavy (non-hydrogen) atoms. The van der Waals surface area contributed by atoms with E-state index in [0.29, 0.717) is 17.9 Å². The second kappa shape index (κ2) is 6.21. The van der Waals surface area contributed by atoms with Crippen LogP contribution in [0.3, 0.4) is 0 Å². The highest BCUT2D eigenvalue weighted by Crippen LogP contribution is 2.29. The molecule has 1 N–H and O–H groups in total. The average molecular weight is 255 g/mol. The van der Waals surface area contributed by atoms with E-state index in [2.05, 4.69) is 75.5 Å². The lowest BCUT2D eigenvalue weighted by atomic mass is 9.85. The fourth-order valence-electron chi connectivity index (χ4n) is 2.61. The summed E-state index contributed by atoms with van der Waals surface area (Å²) < 4.78 is 0. The zero-order valence-corrected chi connectivity index (χ0v) is 12.5. The summed E-state index contributed by atoms with van der Waals surface area (Å²) in [7, 11) is 0. The second-order valence-corrected chi connectivity index (χ2v) is 5.75. The molecule has 0 aromatic heterocycles. The minimum Gasteiger partial charge on any atom is -0.310 e. The first-order chi connectivity index (χ1) is 9.13. The summed E-state index contributed by atoms with van der Waals surface area (Å²) in [4.78, 5) is 0. The predicted octanol–water partition coefficient (Wildman–Crippen LogP) is 4.78. The third kappa shape index (κ3) is 3.16. The van der Waals surface area contributed by atoms with Gasteiger partial charge in [0.15, 0.2) is 0 Å². The normalized spacial score (nSPS) is 14.8. The fraction of sp³-hybridized carbons (Fsp3) is 0.444. The Kier molecular flexibility index (Phi) is 4.60. The van der Waals surface area contributed by atoms with E-state index in [1.165, 1.54) is 16.3 Å². The molecule has 1 nitrogen and oxygen atoms in total. The van der Waals surface area contributed by atoms with Crippen LogP contribution in [0.25, 0.3) is 10.8 Å². The van der Waals surface area contributed by atoms with E-state index in [0.717, 1.165) is 6.54 Å². The third-order valence-electron chi connectivity index (χ3n) is 4.13. The Labute approximate surface area is 117 Å². The van der Waals surface area contributed by atoms with E-state index in [9.17, 15) is 0 Å². The van der Waals surface area contributed by atoms with Gasteiger partial charge in [-0.1, -0.05) is 64.1 Å². The van der Waals surface area contributed by atoms with Gasteiger partial charge in [-0.15, -0.1) is 0 Å². The van der Waals surface area contributed by atoms with E-state index in [-0.39, 0.29) is 0 Å². The number of benzene rings is 2. The molecule has 0 amide bonds. The van der Waals surface area contributed by atoms with E-state index < -0.39 is 0 Å². The average Bonchev–Trinajstić information content (AvgIpc) is 2.43. The maximum absolute atomic E-state index is 3.64. The van der Waals surface area contributed by atoms with Gasteiger partial charge in [0.25, 0.3) is 0 Å². The molecule has 1 heteroatoms. The first kappa shape index (κ1) is 14.1. The summed E-state index contributed by atoms with van der Waals surface area (Å²) >= 11 is 0. The summed E-state index contributed by atoms with van der Waals surface area (Å²) in [6.45, 7) is 10.1. The molecule has 2 rings (SSSR count). The Morgan fingerprint density at radius 3 is 2.26 bits per heavy atom. The maximum Gasteiger partial charge on any atom is 0.0348 e. The predicted molar refractivity (Wildman–Crippen MR) is 84.4 cm³/mol. The van der Waals surface area contributed by atoms with Crippen molar-refractivity contribution in [3.63, 3.8) is 0 Å². The first-order valence-electron chi connectivity index (χ1n) is 7.35. The van der Waals surface area contributed by atoms with Gasteiger partial charge in [0.2, 0.25) is 0 Å². The van der Waals surface area contributed by atoms with Gasteiger partial charge in [-0.3, -0.25) is 0 Å². The molecule has 0 aliphatic heterocycles. The highest BCUT2D eigenvalue weighted by atomic mass is 14.9. The molecule has 2 atom stereocenters. The van der Waals surface area contributed by atoms with Gasteiger partial charge in [-0.05, 0) is 40.8 Å². The van der Waals surface area contributed by atoms with Gasteiger partial charge < -0.3 is 5.32 Å². The van der Waals surface area contributed by atoms with Crippen molar-refractivity contribution in [1.82, 2.24) is 5.32 Å². The van der Waals surface area contributed by atoms with Gasteiger partial charge in [-0.2, -0.15) is 0 Å². The van der Waals surface area contributed by atoms with Crippen molar-refractivity contribution in [2.24, 2.45) is 11.8 Å². The van der Waals surface area contributed by atoms with Crippen molar-refractivity contribution in [3.05, 3.63) is 48.0 Å². The smallest absolute Gasteiger partial charge is 0.0348 e. The Bertz CT molecular complexity index is 530. The Morgan fingerprint density at radius 2 is 1.63 bits per heavy atom. The lowest BCUT2D eigenvalue weighted by Gasteiger charge is -2.28. The fourth-order valence-corrected chi connectivity index (χ4v) is 2.61. The molecule has 0 radical (unpaired) electrons. The van der Waals surface area contributed by atoms with Crippen LogP contribution in [-0.2, 0) is 0 Å². The summed E-state index contributed by atoms with van der Waals surface area (Å²) in [5.41, 5.74) is 1.40. The molecule has 2 aromatic carbocycles. The molecule has 0 heterocycles. The maximum atomic E-state index is 3.64. The van der Waals surface area contributed by atoms with Crippen molar-refractivity contribution < 1.29 is 0 Å². The second-order valence-electron chi connectivity index (χ2n) is 5.75. The molecular formula is C18H25N. The molecule has 0 bridgehead atoms. The van der Waals surface area contributed by atoms with E-state index in [1.54, 1.807) is 0 Å². The monoisotopic (exact) mass is 255 g/mol. The standard InChI is InChI=1S/C18H25N/c1-5-19-18(14(4)13(2)3)17-11-10-15-8-6-7-9-16(15)12-17/h6-14,18-19H,5H2,1-4H3. The van der Waals surface area contributed by atoms with Crippen LogP contribution >= 0.6 is 0 Å². The molecule has 0 aliphatic rings. The number of fused-ring (bicyclic) bond motifs is 1.